The Labute approximate surface area is 123 Å². The molecule has 0 aromatic heterocycles. The van der Waals surface area contributed by atoms with Crippen LogP contribution in [0.4, 0.5) is 16.2 Å². The van der Waals surface area contributed by atoms with E-state index in [-0.39, 0.29) is 17.8 Å². The van der Waals surface area contributed by atoms with Crippen molar-refractivity contribution in [3.05, 3.63) is 32.8 Å². The maximum Gasteiger partial charge on any atom is 0.407 e. The normalized spacial score (nSPS) is 24.2. The van der Waals surface area contributed by atoms with Crippen molar-refractivity contribution in [1.29, 1.82) is 0 Å². The van der Waals surface area contributed by atoms with Gasteiger partial charge in [0, 0.05) is 30.9 Å². The summed E-state index contributed by atoms with van der Waals surface area (Å²) in [6.45, 7) is 1.13. The molecule has 2 atom stereocenters. The van der Waals surface area contributed by atoms with Gasteiger partial charge in [0.15, 0.2) is 0 Å². The van der Waals surface area contributed by atoms with E-state index >= 15 is 0 Å². The van der Waals surface area contributed by atoms with Crippen molar-refractivity contribution in [2.24, 2.45) is 0 Å². The highest BCUT2D eigenvalue weighted by molar-refractivity contribution is 9.10. The Balaban J connectivity index is 1.82. The quantitative estimate of drug-likeness (QED) is 0.658. The topological polar surface area (TPSA) is 86.9 Å². The number of hydrogen-bond donors (Lipinski definition) is 1. The molecule has 8 heteroatoms. The molecule has 2 fully saturated rings. The predicted octanol–water partition coefficient (Wildman–Crippen LogP) is 2.30. The molecular formula is C12H12BrN3O4. The van der Waals surface area contributed by atoms with E-state index in [1.807, 2.05) is 0 Å². The van der Waals surface area contributed by atoms with E-state index in [0.29, 0.717) is 17.6 Å². The van der Waals surface area contributed by atoms with E-state index < -0.39 is 11.0 Å². The first-order chi connectivity index (χ1) is 9.47. The van der Waals surface area contributed by atoms with Gasteiger partial charge in [-0.15, -0.1) is 0 Å². The van der Waals surface area contributed by atoms with Crippen molar-refractivity contribution in [2.75, 3.05) is 18.0 Å². The number of rotatable bonds is 2. The first-order valence-corrected chi connectivity index (χ1v) is 6.97. The summed E-state index contributed by atoms with van der Waals surface area (Å²) in [5.41, 5.74) is 0.922. The number of nitrogens with zero attached hydrogens (tertiary/aromatic N) is 3. The maximum absolute atomic E-state index is 11.0. The van der Waals surface area contributed by atoms with Crippen LogP contribution in [0.25, 0.3) is 0 Å². The van der Waals surface area contributed by atoms with Crippen molar-refractivity contribution >= 4 is 33.4 Å². The van der Waals surface area contributed by atoms with Crippen molar-refractivity contribution in [3.8, 4) is 0 Å². The van der Waals surface area contributed by atoms with Crippen LogP contribution in [0.2, 0.25) is 0 Å². The molecule has 0 spiro atoms. The zero-order valence-electron chi connectivity index (χ0n) is 10.4. The molecule has 3 rings (SSSR count). The Hall–Kier alpha value is -1.83. The van der Waals surface area contributed by atoms with Gasteiger partial charge in [-0.05, 0) is 34.5 Å². The van der Waals surface area contributed by atoms with Crippen LogP contribution in [0.3, 0.4) is 0 Å². The number of carboxylic acid groups (broad SMARTS) is 1. The van der Waals surface area contributed by atoms with Crippen LogP contribution in [0.1, 0.15) is 6.42 Å². The summed E-state index contributed by atoms with van der Waals surface area (Å²) in [5, 5.41) is 19.8. The fourth-order valence-electron chi connectivity index (χ4n) is 3.04. The molecule has 0 radical (unpaired) electrons. The van der Waals surface area contributed by atoms with Gasteiger partial charge in [-0.1, -0.05) is 0 Å². The van der Waals surface area contributed by atoms with Gasteiger partial charge >= 0.3 is 6.09 Å². The third-order valence-corrected chi connectivity index (χ3v) is 4.58. The molecule has 1 aromatic rings. The third kappa shape index (κ3) is 2.00. The molecule has 2 aliphatic heterocycles. The van der Waals surface area contributed by atoms with E-state index in [9.17, 15) is 14.9 Å². The molecule has 20 heavy (non-hydrogen) atoms. The second-order valence-corrected chi connectivity index (χ2v) is 5.88. The Morgan fingerprint density at radius 1 is 1.40 bits per heavy atom. The lowest BCUT2D eigenvalue weighted by molar-refractivity contribution is -0.385. The first-order valence-electron chi connectivity index (χ1n) is 6.17. The van der Waals surface area contributed by atoms with Crippen LogP contribution in [0.5, 0.6) is 0 Å². The number of halogens is 1. The van der Waals surface area contributed by atoms with E-state index in [0.717, 1.165) is 12.1 Å². The van der Waals surface area contributed by atoms with Gasteiger partial charge in [0.1, 0.15) is 0 Å². The lowest BCUT2D eigenvalue weighted by Crippen LogP contribution is -2.48. The van der Waals surface area contributed by atoms with E-state index in [4.69, 9.17) is 5.11 Å². The summed E-state index contributed by atoms with van der Waals surface area (Å²) in [6.07, 6.45) is -0.0528. The van der Waals surface area contributed by atoms with Crippen LogP contribution in [0.15, 0.2) is 22.7 Å². The summed E-state index contributed by atoms with van der Waals surface area (Å²) in [4.78, 5) is 25.0. The number of anilines is 1. The zero-order valence-corrected chi connectivity index (χ0v) is 12.0. The minimum Gasteiger partial charge on any atom is -0.465 e. The molecule has 1 amide bonds. The Kier molecular flexibility index (Phi) is 3.04. The Morgan fingerprint density at radius 3 is 2.65 bits per heavy atom. The molecule has 2 aliphatic rings. The number of benzene rings is 1. The van der Waals surface area contributed by atoms with Gasteiger partial charge in [0.05, 0.1) is 15.4 Å². The molecule has 0 aliphatic carbocycles. The molecule has 2 bridgehead atoms. The first kappa shape index (κ1) is 13.2. The van der Waals surface area contributed by atoms with Crippen LogP contribution in [0, 0.1) is 10.1 Å². The Morgan fingerprint density at radius 2 is 2.15 bits per heavy atom. The highest BCUT2D eigenvalue weighted by atomic mass is 79.9. The molecule has 0 unspecified atom stereocenters. The average Bonchev–Trinajstić information content (AvgIpc) is 2.97. The molecule has 1 N–H and O–H groups in total. The van der Waals surface area contributed by atoms with Crippen molar-refractivity contribution in [2.45, 2.75) is 18.5 Å². The zero-order chi connectivity index (χ0) is 14.4. The predicted molar refractivity (Wildman–Crippen MR) is 75.1 cm³/mol. The lowest BCUT2D eigenvalue weighted by Gasteiger charge is -2.34. The third-order valence-electron chi connectivity index (χ3n) is 3.95. The SMILES string of the molecule is O=C(O)N1C[C@@H]2C[C@H]1CN2c1ccc([N+](=O)[O-])c(Br)c1. The molecule has 0 saturated carbocycles. The van der Waals surface area contributed by atoms with Gasteiger partial charge in [0.2, 0.25) is 0 Å². The standard InChI is InChI=1S/C12H12BrN3O4/c13-10-4-7(1-2-11(10)16(19)20)14-5-9-3-8(14)6-15(9)12(17)18/h1-2,4,8-9H,3,5-6H2,(H,17,18)/t8-,9-/m0/s1. The number of likely N-dealkylation sites (tertiary alicyclic amines) is 1. The second kappa shape index (κ2) is 4.62. The number of nitro benzene ring substituents is 1. The van der Waals surface area contributed by atoms with Crippen LogP contribution < -0.4 is 4.90 Å². The van der Waals surface area contributed by atoms with Crippen molar-refractivity contribution < 1.29 is 14.8 Å². The van der Waals surface area contributed by atoms with Crippen LogP contribution in [-0.2, 0) is 0 Å². The van der Waals surface area contributed by atoms with Gasteiger partial charge < -0.3 is 14.9 Å². The van der Waals surface area contributed by atoms with E-state index in [2.05, 4.69) is 20.8 Å². The highest BCUT2D eigenvalue weighted by Crippen LogP contribution is 2.37. The van der Waals surface area contributed by atoms with Gasteiger partial charge in [-0.25, -0.2) is 4.79 Å². The number of carbonyl (C=O) groups is 1. The number of hydrogen-bond acceptors (Lipinski definition) is 4. The minimum absolute atomic E-state index is 0.0199. The summed E-state index contributed by atoms with van der Waals surface area (Å²) in [7, 11) is 0. The van der Waals surface area contributed by atoms with Gasteiger partial charge in [-0.2, -0.15) is 0 Å². The molecule has 2 saturated heterocycles. The molecule has 1 aromatic carbocycles. The molecule has 2 heterocycles. The number of piperazine rings is 1. The second-order valence-electron chi connectivity index (χ2n) is 5.02. The maximum atomic E-state index is 11.0. The molecular weight excluding hydrogens is 330 g/mol. The summed E-state index contributed by atoms with van der Waals surface area (Å²) in [6, 6.07) is 5.09. The minimum atomic E-state index is -0.873. The fourth-order valence-corrected chi connectivity index (χ4v) is 3.55. The fraction of sp³-hybridized carbons (Fsp3) is 0.417. The Bertz CT molecular complexity index is 594. The average molecular weight is 342 g/mol. The summed E-state index contributed by atoms with van der Waals surface area (Å²) >= 11 is 3.21. The number of nitro groups is 1. The summed E-state index contributed by atoms with van der Waals surface area (Å²) < 4.78 is 0.442. The van der Waals surface area contributed by atoms with Gasteiger partial charge in [-0.3, -0.25) is 10.1 Å². The highest BCUT2D eigenvalue weighted by Gasteiger charge is 2.45. The van der Waals surface area contributed by atoms with Crippen molar-refractivity contribution in [1.82, 2.24) is 4.90 Å². The van der Waals surface area contributed by atoms with E-state index in [1.165, 1.54) is 11.0 Å². The van der Waals surface area contributed by atoms with E-state index in [1.54, 1.807) is 12.1 Å². The van der Waals surface area contributed by atoms with Gasteiger partial charge in [0.25, 0.3) is 5.69 Å². The monoisotopic (exact) mass is 341 g/mol. The summed E-state index contributed by atoms with van der Waals surface area (Å²) in [5.74, 6) is 0. The smallest absolute Gasteiger partial charge is 0.407 e. The number of fused-ring (bicyclic) bond motifs is 2. The largest absolute Gasteiger partial charge is 0.465 e. The molecule has 7 nitrogen and oxygen atoms in total. The van der Waals surface area contributed by atoms with Crippen LogP contribution in [-0.4, -0.2) is 46.2 Å². The molecule has 106 valence electrons. The van der Waals surface area contributed by atoms with Crippen molar-refractivity contribution in [3.63, 3.8) is 0 Å². The number of amides is 1. The van der Waals surface area contributed by atoms with Crippen LogP contribution >= 0.6 is 15.9 Å². The lowest BCUT2D eigenvalue weighted by atomic mass is 10.2.